The number of anilines is 1. The predicted molar refractivity (Wildman–Crippen MR) is 137 cm³/mol. The number of piperazine rings is 1. The van der Waals surface area contributed by atoms with Crippen molar-refractivity contribution in [2.75, 3.05) is 50.8 Å². The number of amides is 1. The molecular formula is C28H31N5O2. The highest BCUT2D eigenvalue weighted by Gasteiger charge is 2.20. The predicted octanol–water partition coefficient (Wildman–Crippen LogP) is 3.47. The van der Waals surface area contributed by atoms with Crippen molar-refractivity contribution in [3.05, 3.63) is 84.1 Å². The Morgan fingerprint density at radius 3 is 2.49 bits per heavy atom. The highest BCUT2D eigenvalue weighted by atomic mass is 16.5. The third-order valence-electron chi connectivity index (χ3n) is 6.14. The van der Waals surface area contributed by atoms with Crippen LogP contribution in [0, 0.1) is 11.3 Å². The van der Waals surface area contributed by atoms with Crippen LogP contribution in [0.15, 0.2) is 72.9 Å². The molecule has 180 valence electrons. The maximum atomic E-state index is 12.0. The van der Waals surface area contributed by atoms with E-state index in [1.807, 2.05) is 42.6 Å². The van der Waals surface area contributed by atoms with E-state index in [1.54, 1.807) is 12.1 Å². The Kier molecular flexibility index (Phi) is 8.82. The summed E-state index contributed by atoms with van der Waals surface area (Å²) in [6.07, 6.45) is 2.19. The maximum Gasteiger partial charge on any atom is 0.222 e. The van der Waals surface area contributed by atoms with Gasteiger partial charge in [-0.1, -0.05) is 42.5 Å². The zero-order chi connectivity index (χ0) is 24.3. The van der Waals surface area contributed by atoms with Crippen molar-refractivity contribution in [2.24, 2.45) is 0 Å². The van der Waals surface area contributed by atoms with Crippen molar-refractivity contribution in [2.45, 2.75) is 13.0 Å². The standard InChI is InChI=1S/C28H31N5O2/c29-21-23-8-10-24(11-9-23)22-31-27(34)12-19-35-20-18-32-14-16-33(17-15-32)26-7-4-13-30-28(26)25-5-2-1-3-6-25/h1-11,13H,12,14-20,22H2,(H,31,34). The third kappa shape index (κ3) is 7.12. The second-order valence-electron chi connectivity index (χ2n) is 8.51. The zero-order valence-corrected chi connectivity index (χ0v) is 19.9. The highest BCUT2D eigenvalue weighted by molar-refractivity contribution is 5.76. The number of pyridine rings is 1. The number of carbonyl (C=O) groups excluding carboxylic acids is 1. The average Bonchev–Trinajstić information content (AvgIpc) is 2.93. The average molecular weight is 470 g/mol. The quantitative estimate of drug-likeness (QED) is 0.458. The molecule has 1 saturated heterocycles. The van der Waals surface area contributed by atoms with Crippen molar-refractivity contribution in [1.29, 1.82) is 5.26 Å². The summed E-state index contributed by atoms with van der Waals surface area (Å²) >= 11 is 0. The molecule has 2 heterocycles. The fourth-order valence-electron chi connectivity index (χ4n) is 4.13. The summed E-state index contributed by atoms with van der Waals surface area (Å²) in [7, 11) is 0. The van der Waals surface area contributed by atoms with E-state index in [4.69, 9.17) is 10.00 Å². The summed E-state index contributed by atoms with van der Waals surface area (Å²) in [4.78, 5) is 21.5. The number of aromatic nitrogens is 1. The van der Waals surface area contributed by atoms with Crippen LogP contribution in [-0.2, 0) is 16.1 Å². The van der Waals surface area contributed by atoms with Gasteiger partial charge in [0.2, 0.25) is 5.91 Å². The van der Waals surface area contributed by atoms with E-state index in [0.717, 1.165) is 49.5 Å². The van der Waals surface area contributed by atoms with Gasteiger partial charge in [0, 0.05) is 57.4 Å². The second-order valence-corrected chi connectivity index (χ2v) is 8.51. The van der Waals surface area contributed by atoms with Crippen LogP contribution in [0.5, 0.6) is 0 Å². The molecule has 0 unspecified atom stereocenters. The Balaban J connectivity index is 1.12. The lowest BCUT2D eigenvalue weighted by atomic mass is 10.1. The van der Waals surface area contributed by atoms with E-state index < -0.39 is 0 Å². The van der Waals surface area contributed by atoms with Crippen molar-refractivity contribution in [3.63, 3.8) is 0 Å². The number of carbonyl (C=O) groups is 1. The van der Waals surface area contributed by atoms with Crippen LogP contribution in [-0.4, -0.2) is 61.7 Å². The van der Waals surface area contributed by atoms with E-state index >= 15 is 0 Å². The van der Waals surface area contributed by atoms with Gasteiger partial charge in [0.25, 0.3) is 0 Å². The fraction of sp³-hybridized carbons (Fsp3) is 0.321. The molecule has 1 fully saturated rings. The van der Waals surface area contributed by atoms with Gasteiger partial charge in [0.1, 0.15) is 0 Å². The van der Waals surface area contributed by atoms with E-state index in [1.165, 1.54) is 5.69 Å². The van der Waals surface area contributed by atoms with E-state index in [2.05, 4.69) is 44.4 Å². The van der Waals surface area contributed by atoms with E-state index in [-0.39, 0.29) is 5.91 Å². The molecule has 0 aliphatic carbocycles. The summed E-state index contributed by atoms with van der Waals surface area (Å²) in [5.74, 6) is -0.0336. The van der Waals surface area contributed by atoms with E-state index in [9.17, 15) is 4.79 Å². The van der Waals surface area contributed by atoms with Crippen LogP contribution >= 0.6 is 0 Å². The van der Waals surface area contributed by atoms with E-state index in [0.29, 0.717) is 31.7 Å². The molecule has 0 saturated carbocycles. The smallest absolute Gasteiger partial charge is 0.222 e. The normalized spacial score (nSPS) is 13.9. The van der Waals surface area contributed by atoms with Crippen LogP contribution in [0.1, 0.15) is 17.5 Å². The first kappa shape index (κ1) is 24.4. The van der Waals surface area contributed by atoms with Gasteiger partial charge in [0.05, 0.1) is 36.2 Å². The van der Waals surface area contributed by atoms with Gasteiger partial charge in [-0.05, 0) is 29.8 Å². The second kappa shape index (κ2) is 12.7. The molecule has 1 aromatic heterocycles. The topological polar surface area (TPSA) is 81.5 Å². The summed E-state index contributed by atoms with van der Waals surface area (Å²) in [6.45, 7) is 6.18. The van der Waals surface area contributed by atoms with Crippen LogP contribution in [0.2, 0.25) is 0 Å². The van der Waals surface area contributed by atoms with Crippen molar-refractivity contribution in [3.8, 4) is 17.3 Å². The van der Waals surface area contributed by atoms with Crippen molar-refractivity contribution < 1.29 is 9.53 Å². The lowest BCUT2D eigenvalue weighted by Gasteiger charge is -2.36. The first-order valence-corrected chi connectivity index (χ1v) is 12.0. The number of hydrogen-bond donors (Lipinski definition) is 1. The molecule has 7 nitrogen and oxygen atoms in total. The van der Waals surface area contributed by atoms with Gasteiger partial charge >= 0.3 is 0 Å². The van der Waals surface area contributed by atoms with Crippen LogP contribution in [0.4, 0.5) is 5.69 Å². The minimum Gasteiger partial charge on any atom is -0.380 e. The molecule has 0 bridgehead atoms. The molecule has 1 amide bonds. The van der Waals surface area contributed by atoms with Gasteiger partial charge in [-0.3, -0.25) is 14.7 Å². The molecule has 7 heteroatoms. The molecule has 1 N–H and O–H groups in total. The lowest BCUT2D eigenvalue weighted by Crippen LogP contribution is -2.47. The van der Waals surface area contributed by atoms with Gasteiger partial charge in [-0.25, -0.2) is 0 Å². The number of rotatable bonds is 10. The molecule has 0 spiro atoms. The summed E-state index contributed by atoms with van der Waals surface area (Å²) < 4.78 is 5.72. The van der Waals surface area contributed by atoms with Crippen LogP contribution < -0.4 is 10.2 Å². The lowest BCUT2D eigenvalue weighted by molar-refractivity contribution is -0.122. The van der Waals surface area contributed by atoms with Gasteiger partial charge < -0.3 is 15.0 Å². The Hall–Kier alpha value is -3.73. The number of nitrogens with zero attached hydrogens (tertiary/aromatic N) is 4. The monoisotopic (exact) mass is 469 g/mol. The fourth-order valence-corrected chi connectivity index (χ4v) is 4.13. The van der Waals surface area contributed by atoms with Crippen LogP contribution in [0.25, 0.3) is 11.3 Å². The molecule has 0 atom stereocenters. The van der Waals surface area contributed by atoms with Crippen molar-refractivity contribution >= 4 is 11.6 Å². The minimum atomic E-state index is -0.0336. The minimum absolute atomic E-state index is 0.0336. The third-order valence-corrected chi connectivity index (χ3v) is 6.14. The zero-order valence-electron chi connectivity index (χ0n) is 19.9. The molecule has 2 aromatic carbocycles. The summed E-state index contributed by atoms with van der Waals surface area (Å²) in [6, 6.07) is 23.8. The Morgan fingerprint density at radius 2 is 1.74 bits per heavy atom. The number of hydrogen-bond acceptors (Lipinski definition) is 6. The number of nitrogens with one attached hydrogen (secondary N) is 1. The molecule has 35 heavy (non-hydrogen) atoms. The maximum absolute atomic E-state index is 12.0. The molecule has 1 aliphatic rings. The van der Waals surface area contributed by atoms with Gasteiger partial charge in [-0.2, -0.15) is 5.26 Å². The first-order chi connectivity index (χ1) is 17.2. The van der Waals surface area contributed by atoms with Gasteiger partial charge in [-0.15, -0.1) is 0 Å². The number of benzene rings is 2. The molecule has 1 aliphatic heterocycles. The first-order valence-electron chi connectivity index (χ1n) is 12.0. The Bertz CT molecular complexity index is 1120. The number of nitriles is 1. The summed E-state index contributed by atoms with van der Waals surface area (Å²) in [5, 5.41) is 11.7. The largest absolute Gasteiger partial charge is 0.380 e. The number of ether oxygens (including phenoxy) is 1. The molecule has 3 aromatic rings. The Labute approximate surface area is 207 Å². The highest BCUT2D eigenvalue weighted by Crippen LogP contribution is 2.29. The summed E-state index contributed by atoms with van der Waals surface area (Å²) in [5.41, 5.74) is 4.94. The Morgan fingerprint density at radius 1 is 0.971 bits per heavy atom. The van der Waals surface area contributed by atoms with Crippen LogP contribution in [0.3, 0.4) is 0 Å². The molecule has 0 radical (unpaired) electrons. The molecular weight excluding hydrogens is 438 g/mol. The van der Waals surface area contributed by atoms with Crippen molar-refractivity contribution in [1.82, 2.24) is 15.2 Å². The molecule has 4 rings (SSSR count). The van der Waals surface area contributed by atoms with Gasteiger partial charge in [0.15, 0.2) is 0 Å². The SMILES string of the molecule is N#Cc1ccc(CNC(=O)CCOCCN2CCN(c3cccnc3-c3ccccc3)CC2)cc1.